The Kier molecular flexibility index (Phi) is 3.51. The van der Waals surface area contributed by atoms with E-state index in [1.54, 1.807) is 0 Å². The van der Waals surface area contributed by atoms with E-state index in [4.69, 9.17) is 0 Å². The van der Waals surface area contributed by atoms with Crippen LogP contribution in [0.5, 0.6) is 0 Å². The molecule has 2 aromatic rings. The molecule has 0 saturated heterocycles. The number of hydrogen-bond acceptors (Lipinski definition) is 2. The van der Waals surface area contributed by atoms with Crippen molar-refractivity contribution in [2.45, 2.75) is 19.8 Å². The van der Waals surface area contributed by atoms with Crippen LogP contribution in [0.4, 0.5) is 0 Å². The molecule has 0 radical (unpaired) electrons. The van der Waals surface area contributed by atoms with Crippen LogP contribution >= 0.6 is 0 Å². The van der Waals surface area contributed by atoms with E-state index in [-0.39, 0.29) is 0 Å². The number of fused-ring (bicyclic) bond motifs is 1. The summed E-state index contributed by atoms with van der Waals surface area (Å²) in [5.41, 5.74) is 8.36. The molecule has 0 saturated carbocycles. The molecule has 2 aliphatic rings. The quantitative estimate of drug-likeness (QED) is 0.787. The molecule has 2 aromatic heterocycles. The van der Waals surface area contributed by atoms with Gasteiger partial charge in [0, 0.05) is 23.5 Å². The van der Waals surface area contributed by atoms with Gasteiger partial charge in [-0.25, -0.2) is 0 Å². The molecular formula is C21H18N2. The summed E-state index contributed by atoms with van der Waals surface area (Å²) in [7, 11) is 0. The minimum absolute atomic E-state index is 1.02. The van der Waals surface area contributed by atoms with Gasteiger partial charge in [-0.15, -0.1) is 0 Å². The van der Waals surface area contributed by atoms with Crippen molar-refractivity contribution in [3.05, 3.63) is 95.1 Å². The average molecular weight is 298 g/mol. The summed E-state index contributed by atoms with van der Waals surface area (Å²) in [6.45, 7) is 2.07. The van der Waals surface area contributed by atoms with E-state index in [1.165, 1.54) is 27.9 Å². The fraction of sp³-hybridized carbons (Fsp3) is 0.143. The van der Waals surface area contributed by atoms with Crippen LogP contribution < -0.4 is 0 Å². The number of aryl methyl sites for hydroxylation is 1. The molecule has 2 nitrogen and oxygen atoms in total. The van der Waals surface area contributed by atoms with Crippen molar-refractivity contribution < 1.29 is 0 Å². The van der Waals surface area contributed by atoms with Crippen LogP contribution in [0.25, 0.3) is 11.1 Å². The molecule has 2 heterocycles. The zero-order valence-electron chi connectivity index (χ0n) is 13.2. The maximum Gasteiger partial charge on any atom is 0.0708 e. The maximum atomic E-state index is 4.64. The summed E-state index contributed by atoms with van der Waals surface area (Å²) in [5.74, 6) is 0. The Morgan fingerprint density at radius 2 is 1.91 bits per heavy atom. The minimum Gasteiger partial charge on any atom is -0.256 e. The van der Waals surface area contributed by atoms with E-state index < -0.39 is 0 Å². The first-order chi connectivity index (χ1) is 11.3. The van der Waals surface area contributed by atoms with Gasteiger partial charge in [0.2, 0.25) is 0 Å². The van der Waals surface area contributed by atoms with Crippen molar-refractivity contribution in [3.63, 3.8) is 0 Å². The number of rotatable bonds is 2. The van der Waals surface area contributed by atoms with Crippen LogP contribution in [0.15, 0.2) is 78.2 Å². The van der Waals surface area contributed by atoms with Crippen molar-refractivity contribution in [1.82, 2.24) is 9.97 Å². The Hall–Kier alpha value is -2.74. The maximum absolute atomic E-state index is 4.64. The van der Waals surface area contributed by atoms with Crippen molar-refractivity contribution in [3.8, 4) is 0 Å². The van der Waals surface area contributed by atoms with Gasteiger partial charge in [-0.2, -0.15) is 0 Å². The first kappa shape index (κ1) is 13.9. The molecule has 0 atom stereocenters. The highest BCUT2D eigenvalue weighted by Gasteiger charge is 2.24. The van der Waals surface area contributed by atoms with E-state index in [9.17, 15) is 0 Å². The predicted octanol–water partition coefficient (Wildman–Crippen LogP) is 4.91. The minimum atomic E-state index is 1.02. The molecule has 0 amide bonds. The van der Waals surface area contributed by atoms with Crippen LogP contribution in [0, 0.1) is 6.92 Å². The van der Waals surface area contributed by atoms with Gasteiger partial charge in [0.25, 0.3) is 0 Å². The largest absolute Gasteiger partial charge is 0.256 e. The van der Waals surface area contributed by atoms with Gasteiger partial charge >= 0.3 is 0 Å². The third-order valence-electron chi connectivity index (χ3n) is 4.32. The normalized spacial score (nSPS) is 16.7. The molecule has 0 spiro atoms. The molecule has 0 unspecified atom stereocenters. The zero-order valence-corrected chi connectivity index (χ0v) is 13.2. The van der Waals surface area contributed by atoms with Crippen LogP contribution in [0.3, 0.4) is 0 Å². The Morgan fingerprint density at radius 1 is 0.957 bits per heavy atom. The van der Waals surface area contributed by atoms with Crippen molar-refractivity contribution >= 4 is 11.1 Å². The molecule has 2 heteroatoms. The van der Waals surface area contributed by atoms with Gasteiger partial charge in [0.05, 0.1) is 11.4 Å². The lowest BCUT2D eigenvalue weighted by Gasteiger charge is -2.09. The summed E-state index contributed by atoms with van der Waals surface area (Å²) in [6, 6.07) is 10.3. The number of nitrogens with zero attached hydrogens (tertiary/aromatic N) is 2. The predicted molar refractivity (Wildman–Crippen MR) is 94.6 cm³/mol. The molecule has 0 fully saturated rings. The van der Waals surface area contributed by atoms with Gasteiger partial charge in [0.15, 0.2) is 0 Å². The lowest BCUT2D eigenvalue weighted by Crippen LogP contribution is -1.93. The number of hydrogen-bond donors (Lipinski definition) is 0. The first-order valence-electron chi connectivity index (χ1n) is 8.00. The second-order valence-corrected chi connectivity index (χ2v) is 5.93. The summed E-state index contributed by atoms with van der Waals surface area (Å²) >= 11 is 0. The second-order valence-electron chi connectivity index (χ2n) is 5.93. The van der Waals surface area contributed by atoms with Gasteiger partial charge < -0.3 is 0 Å². The number of pyridine rings is 2. The van der Waals surface area contributed by atoms with Crippen LogP contribution in [-0.2, 0) is 0 Å². The molecular weight excluding hydrogens is 280 g/mol. The van der Waals surface area contributed by atoms with Crippen LogP contribution in [0.2, 0.25) is 0 Å². The van der Waals surface area contributed by atoms with Gasteiger partial charge in [-0.05, 0) is 60.8 Å². The molecule has 112 valence electrons. The first-order valence-corrected chi connectivity index (χ1v) is 8.00. The van der Waals surface area contributed by atoms with E-state index in [1.807, 2.05) is 24.5 Å². The van der Waals surface area contributed by atoms with Gasteiger partial charge in [-0.1, -0.05) is 30.4 Å². The summed E-state index contributed by atoms with van der Waals surface area (Å²) in [6.07, 6.45) is 14.7. The topological polar surface area (TPSA) is 25.8 Å². The van der Waals surface area contributed by atoms with E-state index in [0.29, 0.717) is 0 Å². The highest BCUT2D eigenvalue weighted by Crippen LogP contribution is 2.43. The third kappa shape index (κ3) is 2.57. The lowest BCUT2D eigenvalue weighted by atomic mass is 9.96. The van der Waals surface area contributed by atoms with Gasteiger partial charge in [-0.3, -0.25) is 9.97 Å². The number of aromatic nitrogens is 2. The lowest BCUT2D eigenvalue weighted by molar-refractivity contribution is 1.01. The molecule has 0 aliphatic heterocycles. The Bertz CT molecular complexity index is 850. The van der Waals surface area contributed by atoms with Crippen LogP contribution in [-0.4, -0.2) is 9.97 Å². The molecule has 0 N–H and O–H groups in total. The Balaban J connectivity index is 1.87. The SMILES string of the molecule is Cc1ccc(C2=C3CCC=CC=C3C(c3ccccn3)=C2)nc1. The monoisotopic (exact) mass is 298 g/mol. The van der Waals surface area contributed by atoms with Crippen molar-refractivity contribution in [2.24, 2.45) is 0 Å². The zero-order chi connectivity index (χ0) is 15.6. The molecule has 2 aliphatic carbocycles. The average Bonchev–Trinajstić information content (AvgIpc) is 2.78. The standard InChI is InChI=1S/C21H18N2/c1-15-10-11-21(23-14-15)19-13-18(20-9-5-6-12-22-20)16-7-3-2-4-8-17(16)19/h2-3,5-7,9-14H,4,8H2,1H3. The summed E-state index contributed by atoms with van der Waals surface area (Å²) in [4.78, 5) is 9.18. The van der Waals surface area contributed by atoms with E-state index >= 15 is 0 Å². The molecule has 0 aromatic carbocycles. The van der Waals surface area contributed by atoms with Crippen molar-refractivity contribution in [1.29, 1.82) is 0 Å². The summed E-state index contributed by atoms with van der Waals surface area (Å²) in [5, 5.41) is 0. The Labute approximate surface area is 136 Å². The Morgan fingerprint density at radius 3 is 2.70 bits per heavy atom. The number of allylic oxidation sites excluding steroid dienone is 8. The van der Waals surface area contributed by atoms with Gasteiger partial charge in [0.1, 0.15) is 0 Å². The molecule has 0 bridgehead atoms. The summed E-state index contributed by atoms with van der Waals surface area (Å²) < 4.78 is 0. The highest BCUT2D eigenvalue weighted by atomic mass is 14.7. The molecule has 23 heavy (non-hydrogen) atoms. The smallest absolute Gasteiger partial charge is 0.0708 e. The van der Waals surface area contributed by atoms with Crippen molar-refractivity contribution in [2.75, 3.05) is 0 Å². The van der Waals surface area contributed by atoms with Crippen LogP contribution in [0.1, 0.15) is 29.8 Å². The highest BCUT2D eigenvalue weighted by molar-refractivity contribution is 6.01. The fourth-order valence-corrected chi connectivity index (χ4v) is 3.15. The second kappa shape index (κ2) is 5.81. The molecule has 4 rings (SSSR count). The van der Waals surface area contributed by atoms with E-state index in [2.05, 4.69) is 59.4 Å². The fourth-order valence-electron chi connectivity index (χ4n) is 3.15. The third-order valence-corrected chi connectivity index (χ3v) is 4.32. The van der Waals surface area contributed by atoms with E-state index in [0.717, 1.165) is 24.2 Å².